The molecule has 6 nitrogen and oxygen atoms in total. The molecule has 4 rings (SSSR count). The van der Waals surface area contributed by atoms with Crippen molar-refractivity contribution >= 4 is 17.7 Å². The molecule has 3 aromatic carbocycles. The maximum atomic E-state index is 13.8. The molecule has 0 amide bonds. The first kappa shape index (κ1) is 30.2. The molecule has 0 aromatic heterocycles. The third-order valence-corrected chi connectivity index (χ3v) is 7.41. The summed E-state index contributed by atoms with van der Waals surface area (Å²) in [6, 6.07) is 28.7. The van der Waals surface area contributed by atoms with Gasteiger partial charge < -0.3 is 14.2 Å². The van der Waals surface area contributed by atoms with Crippen molar-refractivity contribution in [2.75, 3.05) is 6.61 Å². The number of rotatable bonds is 10. The lowest BCUT2D eigenvalue weighted by Crippen LogP contribution is -2.52. The van der Waals surface area contributed by atoms with E-state index in [0.717, 1.165) is 16.7 Å². The van der Waals surface area contributed by atoms with Gasteiger partial charge >= 0.3 is 11.9 Å². The Bertz CT molecular complexity index is 1260. The van der Waals surface area contributed by atoms with E-state index in [4.69, 9.17) is 19.2 Å². The van der Waals surface area contributed by atoms with E-state index in [-0.39, 0.29) is 18.0 Å². The Morgan fingerprint density at radius 2 is 1.44 bits per heavy atom. The molecule has 0 spiro atoms. The fourth-order valence-electron chi connectivity index (χ4n) is 5.30. The maximum Gasteiger partial charge on any atom is 0.331 e. The number of hydrogen-bond donors (Lipinski definition) is 0. The van der Waals surface area contributed by atoms with Crippen LogP contribution in [0.5, 0.6) is 0 Å². The summed E-state index contributed by atoms with van der Waals surface area (Å²) in [7, 11) is 0. The largest absolute Gasteiger partial charge is 0.464 e. The minimum absolute atomic E-state index is 0.204. The summed E-state index contributed by atoms with van der Waals surface area (Å²) in [6.07, 6.45) is 0.0129. The van der Waals surface area contributed by atoms with E-state index in [9.17, 15) is 9.59 Å². The van der Waals surface area contributed by atoms with Crippen molar-refractivity contribution < 1.29 is 23.8 Å². The Morgan fingerprint density at radius 1 is 0.902 bits per heavy atom. The molecule has 1 fully saturated rings. The van der Waals surface area contributed by atoms with Crippen LogP contribution in [0.25, 0.3) is 0 Å². The summed E-state index contributed by atoms with van der Waals surface area (Å²) in [4.78, 5) is 32.6. The minimum atomic E-state index is -0.955. The minimum Gasteiger partial charge on any atom is -0.464 e. The van der Waals surface area contributed by atoms with Crippen molar-refractivity contribution in [3.8, 4) is 0 Å². The van der Waals surface area contributed by atoms with E-state index in [2.05, 4.69) is 0 Å². The Balaban J connectivity index is 1.82. The van der Waals surface area contributed by atoms with Crippen LogP contribution in [-0.2, 0) is 30.2 Å². The number of cyclic esters (lactones) is 1. The van der Waals surface area contributed by atoms with Gasteiger partial charge in [0.25, 0.3) is 0 Å². The lowest BCUT2D eigenvalue weighted by Gasteiger charge is -2.42. The van der Waals surface area contributed by atoms with Crippen LogP contribution >= 0.6 is 0 Å². The highest BCUT2D eigenvalue weighted by Gasteiger charge is 2.49. The fraction of sp³-hybridized carbons (Fsp3) is 0.400. The van der Waals surface area contributed by atoms with Gasteiger partial charge in [0.15, 0.2) is 6.04 Å². The molecular weight excluding hydrogens is 514 g/mol. The first-order valence-electron chi connectivity index (χ1n) is 14.4. The number of benzene rings is 3. The SMILES string of the molecule is CCOC(=O)[C@H](N=C(c1ccccc1)c1ccccc1)[C@H](CCc1ccccc1)[C@H]1C(=O)O[C@H](C(C)(C)C)O[C@@H]1C. The summed E-state index contributed by atoms with van der Waals surface area (Å²) in [6.45, 7) is 9.80. The van der Waals surface area contributed by atoms with Crippen molar-refractivity contribution in [3.05, 3.63) is 108 Å². The number of ether oxygens (including phenoxy) is 3. The van der Waals surface area contributed by atoms with Gasteiger partial charge in [0, 0.05) is 22.5 Å². The van der Waals surface area contributed by atoms with Crippen molar-refractivity contribution in [2.24, 2.45) is 22.2 Å². The Labute approximate surface area is 243 Å². The van der Waals surface area contributed by atoms with Gasteiger partial charge in [-0.15, -0.1) is 0 Å². The number of aliphatic imine (C=N–C) groups is 1. The average molecular weight is 556 g/mol. The van der Waals surface area contributed by atoms with Gasteiger partial charge in [0.05, 0.1) is 24.3 Å². The van der Waals surface area contributed by atoms with E-state index in [1.807, 2.05) is 119 Å². The molecule has 0 saturated carbocycles. The van der Waals surface area contributed by atoms with Gasteiger partial charge in [-0.1, -0.05) is 112 Å². The molecule has 216 valence electrons. The molecule has 0 radical (unpaired) electrons. The molecule has 0 aliphatic carbocycles. The van der Waals surface area contributed by atoms with Crippen LogP contribution in [0.15, 0.2) is 96.0 Å². The highest BCUT2D eigenvalue weighted by molar-refractivity contribution is 6.13. The van der Waals surface area contributed by atoms with Crippen LogP contribution in [0.2, 0.25) is 0 Å². The van der Waals surface area contributed by atoms with E-state index in [0.29, 0.717) is 18.6 Å². The van der Waals surface area contributed by atoms with Gasteiger partial charge in [0.2, 0.25) is 6.29 Å². The number of esters is 2. The van der Waals surface area contributed by atoms with Gasteiger partial charge in [-0.25, -0.2) is 4.79 Å². The summed E-state index contributed by atoms with van der Waals surface area (Å²) >= 11 is 0. The lowest BCUT2D eigenvalue weighted by atomic mass is 9.78. The average Bonchev–Trinajstić information content (AvgIpc) is 2.96. The molecule has 1 aliphatic heterocycles. The molecule has 0 N–H and O–H groups in total. The maximum absolute atomic E-state index is 13.8. The van der Waals surface area contributed by atoms with E-state index in [1.54, 1.807) is 6.92 Å². The van der Waals surface area contributed by atoms with Crippen molar-refractivity contribution in [1.29, 1.82) is 0 Å². The lowest BCUT2D eigenvalue weighted by molar-refractivity contribution is -0.259. The molecule has 41 heavy (non-hydrogen) atoms. The summed E-state index contributed by atoms with van der Waals surface area (Å²) in [5, 5.41) is 0. The Hall–Kier alpha value is -3.77. The predicted molar refractivity (Wildman–Crippen MR) is 161 cm³/mol. The zero-order chi connectivity index (χ0) is 29.4. The quantitative estimate of drug-likeness (QED) is 0.207. The second-order valence-electron chi connectivity index (χ2n) is 11.6. The van der Waals surface area contributed by atoms with E-state index < -0.39 is 36.2 Å². The highest BCUT2D eigenvalue weighted by Crippen LogP contribution is 2.38. The normalized spacial score (nSPS) is 20.4. The van der Waals surface area contributed by atoms with Gasteiger partial charge in [-0.2, -0.15) is 0 Å². The molecule has 3 aromatic rings. The van der Waals surface area contributed by atoms with Crippen LogP contribution in [0, 0.1) is 17.3 Å². The zero-order valence-electron chi connectivity index (χ0n) is 24.7. The predicted octanol–water partition coefficient (Wildman–Crippen LogP) is 6.66. The third-order valence-electron chi connectivity index (χ3n) is 7.41. The van der Waals surface area contributed by atoms with Crippen LogP contribution < -0.4 is 0 Å². The van der Waals surface area contributed by atoms with Gasteiger partial charge in [-0.05, 0) is 32.3 Å². The fourth-order valence-corrected chi connectivity index (χ4v) is 5.30. The smallest absolute Gasteiger partial charge is 0.331 e. The topological polar surface area (TPSA) is 74.2 Å². The summed E-state index contributed by atoms with van der Waals surface area (Å²) < 4.78 is 17.8. The molecule has 0 bridgehead atoms. The number of hydrogen-bond acceptors (Lipinski definition) is 6. The molecule has 6 heteroatoms. The molecule has 5 atom stereocenters. The Kier molecular flexibility index (Phi) is 10.1. The van der Waals surface area contributed by atoms with Gasteiger partial charge in [0.1, 0.15) is 0 Å². The molecule has 1 saturated heterocycles. The van der Waals surface area contributed by atoms with Crippen LogP contribution in [0.4, 0.5) is 0 Å². The third kappa shape index (κ3) is 7.70. The molecule has 0 unspecified atom stereocenters. The van der Waals surface area contributed by atoms with Crippen LogP contribution in [0.1, 0.15) is 57.7 Å². The second-order valence-corrected chi connectivity index (χ2v) is 11.6. The Morgan fingerprint density at radius 3 is 1.93 bits per heavy atom. The van der Waals surface area contributed by atoms with Crippen molar-refractivity contribution in [3.63, 3.8) is 0 Å². The first-order chi connectivity index (χ1) is 19.7. The summed E-state index contributed by atoms with van der Waals surface area (Å²) in [5.74, 6) is -2.07. The monoisotopic (exact) mass is 555 g/mol. The first-order valence-corrected chi connectivity index (χ1v) is 14.4. The number of carbonyl (C=O) groups excluding carboxylic acids is 2. The van der Waals surface area contributed by atoms with E-state index >= 15 is 0 Å². The van der Waals surface area contributed by atoms with Crippen LogP contribution in [-0.4, -0.2) is 42.7 Å². The van der Waals surface area contributed by atoms with Crippen LogP contribution in [0.3, 0.4) is 0 Å². The molecular formula is C35H41NO5. The standard InChI is InChI=1S/C35H41NO5/c1-6-39-33(38)31(36-30(26-18-12-8-13-19-26)27-20-14-9-15-21-27)28(23-22-25-16-10-7-11-17-25)29-24(2)40-34(35(3,4)5)41-32(29)37/h7-21,24,28-29,31,34H,6,22-23H2,1-5H3/t24-,28-,29+,31-,34-/m1/s1. The van der Waals surface area contributed by atoms with Gasteiger partial charge in [-0.3, -0.25) is 9.79 Å². The number of carbonyl (C=O) groups is 2. The van der Waals surface area contributed by atoms with Crippen molar-refractivity contribution in [2.45, 2.75) is 65.9 Å². The molecule has 1 aliphatic rings. The zero-order valence-corrected chi connectivity index (χ0v) is 24.7. The summed E-state index contributed by atoms with van der Waals surface area (Å²) in [5.41, 5.74) is 3.14. The van der Waals surface area contributed by atoms with E-state index in [1.165, 1.54) is 0 Å². The molecule has 1 heterocycles. The number of nitrogens with zero attached hydrogens (tertiary/aromatic N) is 1. The second kappa shape index (κ2) is 13.7. The number of aryl methyl sites for hydroxylation is 1. The van der Waals surface area contributed by atoms with Crippen molar-refractivity contribution in [1.82, 2.24) is 0 Å². The highest BCUT2D eigenvalue weighted by atomic mass is 16.7.